The molecule has 0 fully saturated rings. The molecular weight excluding hydrogens is 308 g/mol. The van der Waals surface area contributed by atoms with Crippen LogP contribution in [0.4, 0.5) is 5.69 Å². The maximum Gasteiger partial charge on any atom is 0.278 e. The van der Waals surface area contributed by atoms with Crippen molar-refractivity contribution in [3.8, 4) is 11.5 Å². The lowest BCUT2D eigenvalue weighted by Crippen LogP contribution is -2.24. The third kappa shape index (κ3) is 2.58. The molecule has 0 saturated heterocycles. The second-order valence-electron chi connectivity index (χ2n) is 5.29. The van der Waals surface area contributed by atoms with Gasteiger partial charge in [0.2, 0.25) is 0 Å². The zero-order valence-corrected chi connectivity index (χ0v) is 13.2. The third-order valence-corrected chi connectivity index (χ3v) is 3.87. The highest BCUT2D eigenvalue weighted by Crippen LogP contribution is 2.29. The number of pyridine rings is 1. The molecule has 2 aromatic carbocycles. The van der Waals surface area contributed by atoms with E-state index in [9.17, 15) is 14.7 Å². The Morgan fingerprint density at radius 3 is 2.46 bits per heavy atom. The van der Waals surface area contributed by atoms with Gasteiger partial charge in [0, 0.05) is 18.0 Å². The van der Waals surface area contributed by atoms with E-state index in [4.69, 9.17) is 4.74 Å². The lowest BCUT2D eigenvalue weighted by Gasteiger charge is -2.12. The van der Waals surface area contributed by atoms with Gasteiger partial charge in [-0.25, -0.2) is 0 Å². The van der Waals surface area contributed by atoms with Crippen LogP contribution in [-0.4, -0.2) is 22.7 Å². The normalized spacial score (nSPS) is 10.6. The number of fused-ring (bicyclic) bond motifs is 1. The molecule has 0 spiro atoms. The standard InChI is InChI=1S/C18H16N2O4/c1-20-14-6-4-3-5-13(14)16(21)15(18(20)23)19-17(22)11-7-9-12(24-2)10-8-11/h3-10,21H,1-2H3,(H,19,22). The number of aromatic nitrogens is 1. The fourth-order valence-electron chi connectivity index (χ4n) is 2.52. The van der Waals surface area contributed by atoms with Crippen molar-refractivity contribution in [1.82, 2.24) is 4.57 Å². The van der Waals surface area contributed by atoms with Crippen LogP contribution in [0.25, 0.3) is 10.9 Å². The Morgan fingerprint density at radius 1 is 1.12 bits per heavy atom. The van der Waals surface area contributed by atoms with Gasteiger partial charge in [0.15, 0.2) is 11.4 Å². The Bertz CT molecular complexity index is 975. The van der Waals surface area contributed by atoms with Gasteiger partial charge in [0.25, 0.3) is 11.5 Å². The predicted octanol–water partition coefficient (Wildman–Crippen LogP) is 2.50. The zero-order chi connectivity index (χ0) is 17.3. The summed E-state index contributed by atoms with van der Waals surface area (Å²) < 4.78 is 6.43. The van der Waals surface area contributed by atoms with Crippen LogP contribution < -0.4 is 15.6 Å². The SMILES string of the molecule is COc1ccc(C(=O)Nc2c(O)c3ccccc3n(C)c2=O)cc1. The van der Waals surface area contributed by atoms with E-state index < -0.39 is 11.5 Å². The number of nitrogens with one attached hydrogen (secondary N) is 1. The summed E-state index contributed by atoms with van der Waals surface area (Å²) in [4.78, 5) is 24.8. The smallest absolute Gasteiger partial charge is 0.278 e. The first-order valence-corrected chi connectivity index (χ1v) is 7.29. The van der Waals surface area contributed by atoms with Gasteiger partial charge < -0.3 is 19.7 Å². The minimum Gasteiger partial charge on any atom is -0.505 e. The molecule has 0 aliphatic heterocycles. The number of carbonyl (C=O) groups is 1. The molecule has 0 aliphatic rings. The minimum atomic E-state index is -0.486. The summed E-state index contributed by atoms with van der Waals surface area (Å²) in [5.41, 5.74) is 0.318. The van der Waals surface area contributed by atoms with Crippen LogP contribution in [0, 0.1) is 0 Å². The molecule has 0 radical (unpaired) electrons. The van der Waals surface area contributed by atoms with E-state index in [1.165, 1.54) is 11.7 Å². The Kier molecular flexibility index (Phi) is 3.95. The predicted molar refractivity (Wildman–Crippen MR) is 91.8 cm³/mol. The highest BCUT2D eigenvalue weighted by molar-refractivity contribution is 6.06. The number of benzene rings is 2. The maximum atomic E-state index is 12.4. The van der Waals surface area contributed by atoms with E-state index >= 15 is 0 Å². The van der Waals surface area contributed by atoms with Crippen molar-refractivity contribution in [2.45, 2.75) is 0 Å². The molecule has 1 aromatic heterocycles. The van der Waals surface area contributed by atoms with Crippen molar-refractivity contribution in [1.29, 1.82) is 0 Å². The average Bonchev–Trinajstić information content (AvgIpc) is 2.63. The second kappa shape index (κ2) is 6.08. The van der Waals surface area contributed by atoms with E-state index in [-0.39, 0.29) is 11.4 Å². The Hall–Kier alpha value is -3.28. The molecule has 2 N–H and O–H groups in total. The number of aromatic hydroxyl groups is 1. The number of nitrogens with zero attached hydrogens (tertiary/aromatic N) is 1. The van der Waals surface area contributed by atoms with Crippen molar-refractivity contribution >= 4 is 22.5 Å². The molecule has 6 heteroatoms. The van der Waals surface area contributed by atoms with Gasteiger partial charge in [0.1, 0.15) is 5.75 Å². The van der Waals surface area contributed by atoms with E-state index in [1.807, 2.05) is 0 Å². The number of aryl methyl sites for hydroxylation is 1. The first-order valence-electron chi connectivity index (χ1n) is 7.29. The van der Waals surface area contributed by atoms with Crippen LogP contribution in [0.15, 0.2) is 53.3 Å². The number of carbonyl (C=O) groups excluding carboxylic acids is 1. The van der Waals surface area contributed by atoms with E-state index in [1.54, 1.807) is 55.6 Å². The van der Waals surface area contributed by atoms with Crippen molar-refractivity contribution in [2.24, 2.45) is 7.05 Å². The lowest BCUT2D eigenvalue weighted by atomic mass is 10.1. The largest absolute Gasteiger partial charge is 0.505 e. The zero-order valence-electron chi connectivity index (χ0n) is 13.2. The Morgan fingerprint density at radius 2 is 1.79 bits per heavy atom. The number of amides is 1. The summed E-state index contributed by atoms with van der Waals surface area (Å²) in [7, 11) is 3.12. The number of hydrogen-bond acceptors (Lipinski definition) is 4. The molecule has 3 aromatic rings. The summed E-state index contributed by atoms with van der Waals surface area (Å²) in [5.74, 6) is -0.105. The molecule has 1 heterocycles. The van der Waals surface area contributed by atoms with Crippen molar-refractivity contribution in [2.75, 3.05) is 12.4 Å². The van der Waals surface area contributed by atoms with Gasteiger partial charge in [0.05, 0.1) is 12.6 Å². The van der Waals surface area contributed by atoms with Gasteiger partial charge in [-0.05, 0) is 36.4 Å². The molecule has 24 heavy (non-hydrogen) atoms. The van der Waals surface area contributed by atoms with Gasteiger partial charge in [-0.2, -0.15) is 0 Å². The van der Waals surface area contributed by atoms with Crippen LogP contribution in [0.5, 0.6) is 11.5 Å². The molecule has 122 valence electrons. The number of anilines is 1. The maximum absolute atomic E-state index is 12.4. The minimum absolute atomic E-state index is 0.142. The molecule has 0 saturated carbocycles. The first-order chi connectivity index (χ1) is 11.5. The van der Waals surface area contributed by atoms with Crippen LogP contribution in [0.3, 0.4) is 0 Å². The Labute approximate surface area is 137 Å². The molecule has 3 rings (SSSR count). The summed E-state index contributed by atoms with van der Waals surface area (Å²) in [6, 6.07) is 13.4. The molecular formula is C18H16N2O4. The fourth-order valence-corrected chi connectivity index (χ4v) is 2.52. The molecule has 0 unspecified atom stereocenters. The lowest BCUT2D eigenvalue weighted by molar-refractivity contribution is 0.102. The third-order valence-electron chi connectivity index (χ3n) is 3.87. The van der Waals surface area contributed by atoms with Crippen LogP contribution >= 0.6 is 0 Å². The molecule has 1 amide bonds. The quantitative estimate of drug-likeness (QED) is 0.776. The fraction of sp³-hybridized carbons (Fsp3) is 0.111. The van der Waals surface area contributed by atoms with Gasteiger partial charge >= 0.3 is 0 Å². The number of rotatable bonds is 3. The van der Waals surface area contributed by atoms with Gasteiger partial charge in [-0.1, -0.05) is 12.1 Å². The number of methoxy groups -OCH3 is 1. The van der Waals surface area contributed by atoms with Crippen molar-refractivity contribution < 1.29 is 14.6 Å². The van der Waals surface area contributed by atoms with Crippen LogP contribution in [-0.2, 0) is 7.05 Å². The second-order valence-corrected chi connectivity index (χ2v) is 5.29. The first kappa shape index (κ1) is 15.6. The molecule has 0 atom stereocenters. The van der Waals surface area contributed by atoms with Crippen LogP contribution in [0.1, 0.15) is 10.4 Å². The van der Waals surface area contributed by atoms with E-state index in [2.05, 4.69) is 5.32 Å². The number of ether oxygens (including phenoxy) is 1. The highest BCUT2D eigenvalue weighted by Gasteiger charge is 2.17. The summed E-state index contributed by atoms with van der Waals surface area (Å²) in [6.45, 7) is 0. The molecule has 6 nitrogen and oxygen atoms in total. The monoisotopic (exact) mass is 324 g/mol. The van der Waals surface area contributed by atoms with Crippen molar-refractivity contribution in [3.63, 3.8) is 0 Å². The topological polar surface area (TPSA) is 80.6 Å². The summed E-state index contributed by atoms with van der Waals surface area (Å²) in [5, 5.41) is 13.4. The van der Waals surface area contributed by atoms with Crippen LogP contribution in [0.2, 0.25) is 0 Å². The van der Waals surface area contributed by atoms with Crippen molar-refractivity contribution in [3.05, 3.63) is 64.4 Å². The Balaban J connectivity index is 2.03. The van der Waals surface area contributed by atoms with Gasteiger partial charge in [-0.15, -0.1) is 0 Å². The highest BCUT2D eigenvalue weighted by atomic mass is 16.5. The van der Waals surface area contributed by atoms with E-state index in [0.29, 0.717) is 22.2 Å². The summed E-state index contributed by atoms with van der Waals surface area (Å²) >= 11 is 0. The molecule has 0 aliphatic carbocycles. The van der Waals surface area contributed by atoms with Gasteiger partial charge in [-0.3, -0.25) is 9.59 Å². The number of hydrogen-bond donors (Lipinski definition) is 2. The molecule has 0 bridgehead atoms. The summed E-state index contributed by atoms with van der Waals surface area (Å²) in [6.07, 6.45) is 0. The van der Waals surface area contributed by atoms with E-state index in [0.717, 1.165) is 0 Å². The number of para-hydroxylation sites is 1. The average molecular weight is 324 g/mol.